The van der Waals surface area contributed by atoms with Crippen LogP contribution in [0.15, 0.2) is 42.9 Å². The summed E-state index contributed by atoms with van der Waals surface area (Å²) in [5.41, 5.74) is 3.47. The van der Waals surface area contributed by atoms with Gasteiger partial charge in [0, 0.05) is 30.9 Å². The second-order valence-electron chi connectivity index (χ2n) is 8.85. The molecule has 168 valence electrons. The van der Waals surface area contributed by atoms with Gasteiger partial charge in [-0.2, -0.15) is 5.10 Å². The standard InChI is InChI=1S/C24H24FN7O/c1-14-9-15(21-17(11-27-31(21)5)22-29-26-13-30(22)4)10-20(28-14)32-12-18-16(23(32)33)7-6-8-19(18)24(2,3)25/h6-11,13H,12H2,1-5H3. The third-order valence-electron chi connectivity index (χ3n) is 5.99. The molecule has 9 heteroatoms. The molecule has 0 saturated carbocycles. The molecule has 0 atom stereocenters. The van der Waals surface area contributed by atoms with E-state index in [1.165, 1.54) is 13.8 Å². The number of aryl methyl sites for hydroxylation is 3. The minimum Gasteiger partial charge on any atom is -0.317 e. The molecule has 1 aliphatic rings. The molecule has 3 aromatic heterocycles. The molecule has 1 aliphatic heterocycles. The lowest BCUT2D eigenvalue weighted by Gasteiger charge is -2.19. The first kappa shape index (κ1) is 21.0. The van der Waals surface area contributed by atoms with Crippen molar-refractivity contribution < 1.29 is 9.18 Å². The number of carbonyl (C=O) groups is 1. The molecule has 0 fully saturated rings. The number of hydrogen-bond donors (Lipinski definition) is 0. The Balaban J connectivity index is 1.61. The van der Waals surface area contributed by atoms with E-state index in [4.69, 9.17) is 0 Å². The molecule has 0 aliphatic carbocycles. The van der Waals surface area contributed by atoms with Crippen molar-refractivity contribution in [1.29, 1.82) is 0 Å². The van der Waals surface area contributed by atoms with Crippen LogP contribution in [0.1, 0.15) is 41.0 Å². The summed E-state index contributed by atoms with van der Waals surface area (Å²) in [6.45, 7) is 5.18. The topological polar surface area (TPSA) is 81.7 Å². The van der Waals surface area contributed by atoms with Crippen molar-refractivity contribution >= 4 is 11.7 Å². The molecule has 0 bridgehead atoms. The van der Waals surface area contributed by atoms with E-state index < -0.39 is 5.67 Å². The molecule has 0 unspecified atom stereocenters. The van der Waals surface area contributed by atoms with Gasteiger partial charge in [0.15, 0.2) is 5.82 Å². The second kappa shape index (κ2) is 7.33. The van der Waals surface area contributed by atoms with Crippen LogP contribution >= 0.6 is 0 Å². The second-order valence-corrected chi connectivity index (χ2v) is 8.85. The van der Waals surface area contributed by atoms with Crippen molar-refractivity contribution in [2.24, 2.45) is 14.1 Å². The molecule has 5 rings (SSSR count). The van der Waals surface area contributed by atoms with Crippen LogP contribution in [-0.2, 0) is 26.3 Å². The number of pyridine rings is 1. The summed E-state index contributed by atoms with van der Waals surface area (Å²) in [5.74, 6) is 1.02. The summed E-state index contributed by atoms with van der Waals surface area (Å²) in [6.07, 6.45) is 3.39. The maximum Gasteiger partial charge on any atom is 0.260 e. The van der Waals surface area contributed by atoms with Crippen molar-refractivity contribution in [3.8, 4) is 22.6 Å². The molecule has 0 spiro atoms. The summed E-state index contributed by atoms with van der Waals surface area (Å²) in [6, 6.07) is 9.04. The van der Waals surface area contributed by atoms with E-state index in [1.807, 2.05) is 37.7 Å². The maximum absolute atomic E-state index is 14.8. The van der Waals surface area contributed by atoms with Crippen LogP contribution in [0.5, 0.6) is 0 Å². The smallest absolute Gasteiger partial charge is 0.260 e. The average molecular weight is 446 g/mol. The Bertz CT molecular complexity index is 1400. The lowest BCUT2D eigenvalue weighted by Crippen LogP contribution is -2.24. The maximum atomic E-state index is 14.8. The van der Waals surface area contributed by atoms with Gasteiger partial charge >= 0.3 is 0 Å². The van der Waals surface area contributed by atoms with Crippen molar-refractivity contribution in [2.45, 2.75) is 33.0 Å². The first-order chi connectivity index (χ1) is 15.6. The molecule has 0 radical (unpaired) electrons. The fourth-order valence-corrected chi connectivity index (χ4v) is 4.47. The normalized spacial score (nSPS) is 13.6. The number of nitrogens with zero attached hydrogens (tertiary/aromatic N) is 7. The van der Waals surface area contributed by atoms with Gasteiger partial charge in [0.1, 0.15) is 17.8 Å². The number of halogens is 1. The molecule has 33 heavy (non-hydrogen) atoms. The van der Waals surface area contributed by atoms with Crippen molar-refractivity contribution in [3.05, 3.63) is 65.2 Å². The summed E-state index contributed by atoms with van der Waals surface area (Å²) < 4.78 is 18.4. The van der Waals surface area contributed by atoms with Gasteiger partial charge in [0.2, 0.25) is 0 Å². The first-order valence-electron chi connectivity index (χ1n) is 10.6. The number of hydrogen-bond acceptors (Lipinski definition) is 5. The number of aromatic nitrogens is 6. The first-order valence-corrected chi connectivity index (χ1v) is 10.6. The molecule has 1 amide bonds. The van der Waals surface area contributed by atoms with Gasteiger partial charge in [-0.25, -0.2) is 9.37 Å². The quantitative estimate of drug-likeness (QED) is 0.475. The fraction of sp³-hybridized carbons (Fsp3) is 0.292. The number of amides is 1. The Labute approximate surface area is 190 Å². The van der Waals surface area contributed by atoms with Crippen molar-refractivity contribution in [2.75, 3.05) is 4.90 Å². The van der Waals surface area contributed by atoms with Crippen LogP contribution in [-0.4, -0.2) is 35.4 Å². The highest BCUT2D eigenvalue weighted by Gasteiger charge is 2.35. The highest BCUT2D eigenvalue weighted by molar-refractivity contribution is 6.10. The van der Waals surface area contributed by atoms with Gasteiger partial charge in [-0.15, -0.1) is 10.2 Å². The van der Waals surface area contributed by atoms with E-state index >= 15 is 0 Å². The monoisotopic (exact) mass is 445 g/mol. The SMILES string of the molecule is Cc1cc(-c2c(-c3nncn3C)cnn2C)cc(N2Cc3c(cccc3C(C)(C)F)C2=O)n1. The number of rotatable bonds is 4. The Morgan fingerprint density at radius 2 is 1.91 bits per heavy atom. The Morgan fingerprint density at radius 3 is 2.61 bits per heavy atom. The van der Waals surface area contributed by atoms with Crippen LogP contribution in [0.4, 0.5) is 10.2 Å². The predicted molar refractivity (Wildman–Crippen MR) is 122 cm³/mol. The highest BCUT2D eigenvalue weighted by atomic mass is 19.1. The number of alkyl halides is 1. The zero-order valence-electron chi connectivity index (χ0n) is 19.2. The molecule has 8 nitrogen and oxygen atoms in total. The summed E-state index contributed by atoms with van der Waals surface area (Å²) >= 11 is 0. The molecule has 0 N–H and O–H groups in total. The third-order valence-corrected chi connectivity index (χ3v) is 5.99. The number of fused-ring (bicyclic) bond motifs is 1. The lowest BCUT2D eigenvalue weighted by molar-refractivity contribution is 0.0996. The van der Waals surface area contributed by atoms with E-state index in [2.05, 4.69) is 20.3 Å². The molecule has 1 aromatic carbocycles. The van der Waals surface area contributed by atoms with E-state index in [-0.39, 0.29) is 12.5 Å². The Hall–Kier alpha value is -3.88. The lowest BCUT2D eigenvalue weighted by atomic mass is 9.92. The van der Waals surface area contributed by atoms with Crippen molar-refractivity contribution in [1.82, 2.24) is 29.5 Å². The van der Waals surface area contributed by atoms with Gasteiger partial charge in [0.05, 0.1) is 24.0 Å². The van der Waals surface area contributed by atoms with Gasteiger partial charge in [-0.05, 0) is 50.1 Å². The van der Waals surface area contributed by atoms with Crippen LogP contribution in [0.25, 0.3) is 22.6 Å². The number of benzene rings is 1. The molecule has 4 aromatic rings. The van der Waals surface area contributed by atoms with Crippen LogP contribution in [0.3, 0.4) is 0 Å². The summed E-state index contributed by atoms with van der Waals surface area (Å²) in [4.78, 5) is 19.5. The third kappa shape index (κ3) is 3.40. The minimum absolute atomic E-state index is 0.182. The van der Waals surface area contributed by atoms with E-state index in [0.29, 0.717) is 28.3 Å². The molecular weight excluding hydrogens is 421 g/mol. The summed E-state index contributed by atoms with van der Waals surface area (Å²) in [5, 5.41) is 12.6. The van der Waals surface area contributed by atoms with E-state index in [9.17, 15) is 9.18 Å². The van der Waals surface area contributed by atoms with Gasteiger partial charge < -0.3 is 4.57 Å². The van der Waals surface area contributed by atoms with Gasteiger partial charge in [0.25, 0.3) is 5.91 Å². The van der Waals surface area contributed by atoms with Gasteiger partial charge in [-0.1, -0.05) is 12.1 Å². The molecular formula is C24H24FN7O. The van der Waals surface area contributed by atoms with Crippen LogP contribution in [0, 0.1) is 6.92 Å². The Morgan fingerprint density at radius 1 is 1.12 bits per heavy atom. The van der Waals surface area contributed by atoms with E-state index in [1.54, 1.807) is 40.3 Å². The predicted octanol–water partition coefficient (Wildman–Crippen LogP) is 3.95. The van der Waals surface area contributed by atoms with Crippen LogP contribution in [0.2, 0.25) is 0 Å². The van der Waals surface area contributed by atoms with E-state index in [0.717, 1.165) is 22.5 Å². The van der Waals surface area contributed by atoms with Crippen LogP contribution < -0.4 is 4.90 Å². The molecule has 0 saturated heterocycles. The summed E-state index contributed by atoms with van der Waals surface area (Å²) in [7, 11) is 3.73. The molecule has 4 heterocycles. The Kier molecular flexibility index (Phi) is 4.66. The van der Waals surface area contributed by atoms with Crippen molar-refractivity contribution in [3.63, 3.8) is 0 Å². The average Bonchev–Trinajstić information content (AvgIpc) is 3.43. The largest absolute Gasteiger partial charge is 0.317 e. The van der Waals surface area contributed by atoms with Gasteiger partial charge in [-0.3, -0.25) is 14.4 Å². The number of anilines is 1. The zero-order valence-corrected chi connectivity index (χ0v) is 19.2. The highest BCUT2D eigenvalue weighted by Crippen LogP contribution is 2.38. The fourth-order valence-electron chi connectivity index (χ4n) is 4.47. The zero-order chi connectivity index (χ0) is 23.5. The minimum atomic E-state index is -1.55. The number of carbonyl (C=O) groups excluding carboxylic acids is 1.